The predicted molar refractivity (Wildman–Crippen MR) is 180 cm³/mol. The molecule has 266 valence electrons. The van der Waals surface area contributed by atoms with E-state index >= 15 is 0 Å². The second kappa shape index (κ2) is 13.0. The van der Waals surface area contributed by atoms with Gasteiger partial charge in [-0.1, -0.05) is 78.0 Å². The molecule has 0 saturated heterocycles. The minimum absolute atomic E-state index is 0.121. The lowest BCUT2D eigenvalue weighted by molar-refractivity contribution is -0.227. The normalized spacial score (nSPS) is 35.1. The maximum Gasteiger partial charge on any atom is 0.331 e. The van der Waals surface area contributed by atoms with Crippen LogP contribution >= 0.6 is 0 Å². The summed E-state index contributed by atoms with van der Waals surface area (Å²) in [4.78, 5) is 40.7. The first kappa shape index (κ1) is 35.4. The van der Waals surface area contributed by atoms with Crippen LogP contribution in [-0.4, -0.2) is 69.3 Å². The van der Waals surface area contributed by atoms with Crippen molar-refractivity contribution in [3.8, 4) is 11.5 Å². The third-order valence-electron chi connectivity index (χ3n) is 12.0. The van der Waals surface area contributed by atoms with Gasteiger partial charge in [0.25, 0.3) is 0 Å². The van der Waals surface area contributed by atoms with Crippen LogP contribution in [0, 0.1) is 29.1 Å². The quantitative estimate of drug-likeness (QED) is 0.116. The summed E-state index contributed by atoms with van der Waals surface area (Å²) in [6.45, 7) is 9.06. The summed E-state index contributed by atoms with van der Waals surface area (Å²) < 4.78 is 23.5. The summed E-state index contributed by atoms with van der Waals surface area (Å²) in [6, 6.07) is 5.28. The third-order valence-corrected chi connectivity index (χ3v) is 12.0. The van der Waals surface area contributed by atoms with Crippen LogP contribution in [0.2, 0.25) is 0 Å². The highest BCUT2D eigenvalue weighted by Gasteiger charge is 2.87. The molecule has 2 saturated carbocycles. The Labute approximate surface area is 288 Å². The van der Waals surface area contributed by atoms with E-state index in [0.717, 1.165) is 32.1 Å². The lowest BCUT2D eigenvalue weighted by Crippen LogP contribution is -2.66. The fraction of sp³-hybridized carbons (Fsp3) is 0.615. The van der Waals surface area contributed by atoms with Crippen LogP contribution in [0.5, 0.6) is 11.5 Å². The number of rotatable bonds is 12. The first-order valence-corrected chi connectivity index (χ1v) is 17.7. The summed E-state index contributed by atoms with van der Waals surface area (Å²) in [5.41, 5.74) is -4.43. The standard InChI is InChI=1S/C39H50O10/c1-6-7-8-9-10-11-12-32(42)49-39-33(36(39,4)5)27-18-26(21-40)20-37(44)30(17-23(2)34(37)43)38(27,45)24(3)35(39)48-31(41)16-14-25-13-15-28-29(19-25)47-22-46-28/h13-19,24,27,30,33,35,40,44-45H,6-12,20-22H2,1-5H3/b16-14+/t24-,27+,30-,33-,35-,37-,38-,39-/m1/s1. The van der Waals surface area contributed by atoms with Crippen molar-refractivity contribution in [3.05, 3.63) is 53.1 Å². The number of benzene rings is 1. The second-order valence-electron chi connectivity index (χ2n) is 15.2. The van der Waals surface area contributed by atoms with Crippen LogP contribution in [0.3, 0.4) is 0 Å². The molecule has 0 unspecified atom stereocenters. The number of fused-ring (bicyclic) bond motifs is 6. The van der Waals surface area contributed by atoms with E-state index in [1.165, 1.54) is 6.08 Å². The van der Waals surface area contributed by atoms with Crippen molar-refractivity contribution in [3.63, 3.8) is 0 Å². The summed E-state index contributed by atoms with van der Waals surface area (Å²) in [5, 5.41) is 35.3. The maximum atomic E-state index is 13.6. The molecule has 1 aromatic carbocycles. The summed E-state index contributed by atoms with van der Waals surface area (Å²) in [7, 11) is 0. The number of esters is 2. The van der Waals surface area contributed by atoms with E-state index in [9.17, 15) is 29.7 Å². The van der Waals surface area contributed by atoms with Crippen molar-refractivity contribution in [2.75, 3.05) is 13.4 Å². The average molecular weight is 679 g/mol. The molecule has 0 radical (unpaired) electrons. The molecule has 0 amide bonds. The number of aliphatic hydroxyl groups is 3. The van der Waals surface area contributed by atoms with E-state index in [2.05, 4.69) is 6.92 Å². The van der Waals surface area contributed by atoms with Crippen molar-refractivity contribution < 1.29 is 48.7 Å². The van der Waals surface area contributed by atoms with Crippen molar-refractivity contribution in [1.29, 1.82) is 0 Å². The number of hydrogen-bond acceptors (Lipinski definition) is 10. The van der Waals surface area contributed by atoms with E-state index in [0.29, 0.717) is 34.6 Å². The Kier molecular flexibility index (Phi) is 9.39. The zero-order valence-electron chi connectivity index (χ0n) is 29.2. The zero-order valence-corrected chi connectivity index (χ0v) is 29.2. The van der Waals surface area contributed by atoms with E-state index in [4.69, 9.17) is 18.9 Å². The molecule has 10 nitrogen and oxygen atoms in total. The Morgan fingerprint density at radius 1 is 1.04 bits per heavy atom. The van der Waals surface area contributed by atoms with Crippen LogP contribution in [0.1, 0.15) is 91.5 Å². The molecule has 49 heavy (non-hydrogen) atoms. The average Bonchev–Trinajstić information content (AvgIpc) is 3.31. The van der Waals surface area contributed by atoms with Gasteiger partial charge in [-0.25, -0.2) is 4.79 Å². The van der Waals surface area contributed by atoms with Crippen molar-refractivity contribution in [1.82, 2.24) is 0 Å². The number of ketones is 1. The number of ether oxygens (including phenoxy) is 4. The highest BCUT2D eigenvalue weighted by atomic mass is 16.7. The van der Waals surface area contributed by atoms with Gasteiger partial charge in [0.1, 0.15) is 11.7 Å². The number of Topliss-reactive ketones (excluding diaryl/α,β-unsaturated/α-hetero) is 1. The minimum Gasteiger partial charge on any atom is -0.455 e. The van der Waals surface area contributed by atoms with E-state index in [1.54, 1.807) is 50.3 Å². The molecule has 10 heteroatoms. The first-order valence-electron chi connectivity index (χ1n) is 17.7. The maximum absolute atomic E-state index is 13.6. The molecule has 5 aliphatic rings. The van der Waals surface area contributed by atoms with Crippen molar-refractivity contribution >= 4 is 23.8 Å². The number of unbranched alkanes of at least 4 members (excludes halogenated alkanes) is 5. The summed E-state index contributed by atoms with van der Waals surface area (Å²) >= 11 is 0. The summed E-state index contributed by atoms with van der Waals surface area (Å²) in [6.07, 6.45) is 11.2. The van der Waals surface area contributed by atoms with Gasteiger partial charge in [0.05, 0.1) is 12.2 Å². The molecule has 8 atom stereocenters. The number of carbonyl (C=O) groups excluding carboxylic acids is 3. The largest absolute Gasteiger partial charge is 0.455 e. The second-order valence-corrected chi connectivity index (χ2v) is 15.2. The Bertz CT molecular complexity index is 1590. The molecule has 0 spiro atoms. The van der Waals surface area contributed by atoms with Gasteiger partial charge in [-0.05, 0) is 48.3 Å². The smallest absolute Gasteiger partial charge is 0.331 e. The van der Waals surface area contributed by atoms with Crippen LogP contribution < -0.4 is 9.47 Å². The SMILES string of the molecule is CCCCCCCCC(=O)O[C@@]12[C@H](OC(=O)/C=C/c3ccc4c(c3)OCO4)[C@@H](C)[C@@]3(O)[C@@H](C=C(CO)C[C@]4(O)C(=O)C(C)=C[C@@H]34)[C@@H]1C2(C)C. The number of aliphatic hydroxyl groups excluding tert-OH is 1. The van der Waals surface area contributed by atoms with Crippen LogP contribution in [-0.2, 0) is 23.9 Å². The van der Waals surface area contributed by atoms with Gasteiger partial charge >= 0.3 is 11.9 Å². The first-order chi connectivity index (χ1) is 23.2. The van der Waals surface area contributed by atoms with Crippen LogP contribution in [0.25, 0.3) is 6.08 Å². The lowest BCUT2D eigenvalue weighted by atomic mass is 9.59. The minimum atomic E-state index is -1.99. The van der Waals surface area contributed by atoms with E-state index in [1.807, 2.05) is 13.8 Å². The van der Waals surface area contributed by atoms with Gasteiger partial charge in [-0.3, -0.25) is 9.59 Å². The van der Waals surface area contributed by atoms with E-state index in [-0.39, 0.29) is 19.6 Å². The monoisotopic (exact) mass is 678 g/mol. The van der Waals surface area contributed by atoms with Crippen molar-refractivity contribution in [2.45, 2.75) is 109 Å². The fourth-order valence-electron chi connectivity index (χ4n) is 9.46. The Balaban J connectivity index is 1.35. The summed E-state index contributed by atoms with van der Waals surface area (Å²) in [5.74, 6) is -3.65. The zero-order chi connectivity index (χ0) is 35.4. The predicted octanol–water partition coefficient (Wildman–Crippen LogP) is 5.22. The number of carbonyl (C=O) groups is 3. The molecule has 0 bridgehead atoms. The van der Waals surface area contributed by atoms with Gasteiger partial charge < -0.3 is 34.3 Å². The molecule has 1 heterocycles. The van der Waals surface area contributed by atoms with Gasteiger partial charge in [0.2, 0.25) is 6.79 Å². The Hall–Kier alpha value is -3.47. The van der Waals surface area contributed by atoms with Gasteiger partial charge in [0.15, 0.2) is 22.9 Å². The Morgan fingerprint density at radius 3 is 2.49 bits per heavy atom. The van der Waals surface area contributed by atoms with Gasteiger partial charge in [-0.15, -0.1) is 0 Å². The third kappa shape index (κ3) is 5.64. The molecule has 4 aliphatic carbocycles. The van der Waals surface area contributed by atoms with Gasteiger partial charge in [-0.2, -0.15) is 0 Å². The van der Waals surface area contributed by atoms with Gasteiger partial charge in [0, 0.05) is 48.0 Å². The molecule has 6 rings (SSSR count). The Morgan fingerprint density at radius 2 is 1.76 bits per heavy atom. The lowest BCUT2D eigenvalue weighted by Gasteiger charge is -2.53. The molecule has 2 fully saturated rings. The number of hydrogen-bond donors (Lipinski definition) is 3. The molecular weight excluding hydrogens is 628 g/mol. The van der Waals surface area contributed by atoms with Crippen molar-refractivity contribution in [2.24, 2.45) is 29.1 Å². The molecule has 0 aromatic heterocycles. The highest BCUT2D eigenvalue weighted by molar-refractivity contribution is 6.05. The van der Waals surface area contributed by atoms with Crippen LogP contribution in [0.4, 0.5) is 0 Å². The van der Waals surface area contributed by atoms with Crippen LogP contribution in [0.15, 0.2) is 47.6 Å². The highest BCUT2D eigenvalue weighted by Crippen LogP contribution is 2.77. The molecule has 3 N–H and O–H groups in total. The molecule has 1 aliphatic heterocycles. The topological polar surface area (TPSA) is 149 Å². The fourth-order valence-corrected chi connectivity index (χ4v) is 9.46. The van der Waals surface area contributed by atoms with E-state index < -0.39 is 76.3 Å². The molecular formula is C39H50O10. The molecule has 1 aromatic rings.